The number of anilines is 1. The summed E-state index contributed by atoms with van der Waals surface area (Å²) in [5, 5.41) is 5.73. The summed E-state index contributed by atoms with van der Waals surface area (Å²) in [6, 6.07) is 3.77. The van der Waals surface area contributed by atoms with Crippen LogP contribution in [-0.4, -0.2) is 47.9 Å². The number of thiophene rings is 1. The predicted molar refractivity (Wildman–Crippen MR) is 92.6 cm³/mol. The molecule has 2 saturated heterocycles. The summed E-state index contributed by atoms with van der Waals surface area (Å²) in [7, 11) is 0. The summed E-state index contributed by atoms with van der Waals surface area (Å²) >= 11 is 1.52. The molecule has 23 heavy (non-hydrogen) atoms. The van der Waals surface area contributed by atoms with E-state index in [2.05, 4.69) is 12.2 Å². The topological polar surface area (TPSA) is 52.7 Å². The highest BCUT2D eigenvalue weighted by molar-refractivity contribution is 7.14. The Balaban J connectivity index is 1.48. The van der Waals surface area contributed by atoms with E-state index < -0.39 is 0 Å². The van der Waals surface area contributed by atoms with E-state index in [0.29, 0.717) is 24.9 Å². The van der Waals surface area contributed by atoms with Gasteiger partial charge in [-0.1, -0.05) is 6.92 Å². The molecule has 3 rings (SSSR count). The Bertz CT molecular complexity index is 538. The van der Waals surface area contributed by atoms with Gasteiger partial charge in [-0.15, -0.1) is 11.3 Å². The van der Waals surface area contributed by atoms with Gasteiger partial charge in [0.05, 0.1) is 5.00 Å². The fraction of sp³-hybridized carbons (Fsp3) is 0.647. The van der Waals surface area contributed by atoms with Gasteiger partial charge in [0.15, 0.2) is 0 Å². The second-order valence-corrected chi connectivity index (χ2v) is 7.65. The molecule has 0 saturated carbocycles. The third kappa shape index (κ3) is 4.05. The molecule has 2 aliphatic rings. The molecule has 2 fully saturated rings. The van der Waals surface area contributed by atoms with Crippen LogP contribution in [0.5, 0.6) is 0 Å². The Labute approximate surface area is 141 Å². The van der Waals surface area contributed by atoms with Gasteiger partial charge in [-0.25, -0.2) is 4.79 Å². The summed E-state index contributed by atoms with van der Waals surface area (Å²) in [5.41, 5.74) is 0. The number of rotatable bonds is 2. The van der Waals surface area contributed by atoms with Gasteiger partial charge in [0.1, 0.15) is 0 Å². The number of hydrogen-bond donors (Lipinski definition) is 1. The molecule has 2 aliphatic heterocycles. The van der Waals surface area contributed by atoms with Gasteiger partial charge in [0, 0.05) is 32.1 Å². The third-order valence-electron chi connectivity index (χ3n) is 4.85. The number of nitrogens with one attached hydrogen (secondary N) is 1. The first-order valence-electron chi connectivity index (χ1n) is 8.51. The van der Waals surface area contributed by atoms with Crippen molar-refractivity contribution in [1.82, 2.24) is 9.80 Å². The molecule has 0 radical (unpaired) electrons. The number of nitrogens with zero attached hydrogens (tertiary/aromatic N) is 2. The number of carbonyl (C=O) groups is 2. The summed E-state index contributed by atoms with van der Waals surface area (Å²) in [6.45, 7) is 5.35. The van der Waals surface area contributed by atoms with Crippen molar-refractivity contribution in [3.8, 4) is 0 Å². The number of hydrogen-bond acceptors (Lipinski definition) is 3. The van der Waals surface area contributed by atoms with Crippen LogP contribution in [0.4, 0.5) is 9.80 Å². The van der Waals surface area contributed by atoms with Crippen LogP contribution in [0.3, 0.4) is 0 Å². The van der Waals surface area contributed by atoms with Crippen molar-refractivity contribution in [1.29, 1.82) is 0 Å². The maximum absolute atomic E-state index is 12.6. The minimum Gasteiger partial charge on any atom is -0.342 e. The van der Waals surface area contributed by atoms with E-state index in [1.807, 2.05) is 27.3 Å². The third-order valence-corrected chi connectivity index (χ3v) is 5.64. The molecule has 3 heterocycles. The zero-order valence-corrected chi connectivity index (χ0v) is 14.5. The van der Waals surface area contributed by atoms with Crippen LogP contribution in [0.25, 0.3) is 0 Å². The van der Waals surface area contributed by atoms with Crippen molar-refractivity contribution in [2.45, 2.75) is 32.6 Å². The zero-order chi connectivity index (χ0) is 16.2. The Morgan fingerprint density at radius 2 is 1.96 bits per heavy atom. The number of likely N-dealkylation sites (tertiary alicyclic amines) is 2. The summed E-state index contributed by atoms with van der Waals surface area (Å²) in [5.74, 6) is 1.00. The molecule has 1 unspecified atom stereocenters. The fourth-order valence-corrected chi connectivity index (χ4v) is 4.12. The van der Waals surface area contributed by atoms with Crippen LogP contribution in [0, 0.1) is 11.8 Å². The van der Waals surface area contributed by atoms with Crippen LogP contribution in [0.2, 0.25) is 0 Å². The molecule has 5 nitrogen and oxygen atoms in total. The van der Waals surface area contributed by atoms with E-state index >= 15 is 0 Å². The van der Waals surface area contributed by atoms with Gasteiger partial charge < -0.3 is 9.80 Å². The smallest absolute Gasteiger partial charge is 0.322 e. The van der Waals surface area contributed by atoms with Crippen LogP contribution in [0.1, 0.15) is 32.6 Å². The van der Waals surface area contributed by atoms with Gasteiger partial charge in [-0.2, -0.15) is 0 Å². The first-order valence-corrected chi connectivity index (χ1v) is 9.39. The Kier molecular flexibility index (Phi) is 5.20. The minimum atomic E-state index is -0.0510. The second-order valence-electron chi connectivity index (χ2n) is 6.70. The van der Waals surface area contributed by atoms with Gasteiger partial charge >= 0.3 is 6.03 Å². The largest absolute Gasteiger partial charge is 0.342 e. The molecule has 126 valence electrons. The average molecular weight is 335 g/mol. The highest BCUT2D eigenvalue weighted by atomic mass is 32.1. The minimum absolute atomic E-state index is 0.0510. The predicted octanol–water partition coefficient (Wildman–Crippen LogP) is 3.25. The normalized spacial score (nSPS) is 22.9. The Morgan fingerprint density at radius 1 is 1.17 bits per heavy atom. The highest BCUT2D eigenvalue weighted by Crippen LogP contribution is 2.24. The summed E-state index contributed by atoms with van der Waals surface area (Å²) < 4.78 is 0. The van der Waals surface area contributed by atoms with Crippen molar-refractivity contribution in [3.05, 3.63) is 17.5 Å². The van der Waals surface area contributed by atoms with Crippen molar-refractivity contribution in [2.75, 3.05) is 31.5 Å². The molecule has 0 bridgehead atoms. The maximum atomic E-state index is 12.6. The molecule has 0 aromatic carbocycles. The van der Waals surface area contributed by atoms with E-state index in [-0.39, 0.29) is 11.9 Å². The quantitative estimate of drug-likeness (QED) is 0.902. The number of piperidine rings is 2. The van der Waals surface area contributed by atoms with E-state index in [4.69, 9.17) is 0 Å². The standard InChI is InChI=1S/C17H25N3O2S/c1-13-4-2-8-20(12-13)16(21)14-6-9-19(10-7-14)17(22)18-15-5-3-11-23-15/h3,5,11,13-14H,2,4,6-10,12H2,1H3,(H,18,22). The maximum Gasteiger partial charge on any atom is 0.322 e. The van der Waals surface area contributed by atoms with Crippen molar-refractivity contribution < 1.29 is 9.59 Å². The number of carbonyl (C=O) groups excluding carboxylic acids is 2. The number of amides is 3. The molecule has 0 aliphatic carbocycles. The van der Waals surface area contributed by atoms with Crippen LogP contribution in [0.15, 0.2) is 17.5 Å². The van der Waals surface area contributed by atoms with E-state index in [9.17, 15) is 9.59 Å². The molecule has 3 amide bonds. The molecule has 1 N–H and O–H groups in total. The first kappa shape index (κ1) is 16.3. The van der Waals surface area contributed by atoms with E-state index in [0.717, 1.165) is 37.4 Å². The van der Waals surface area contributed by atoms with Crippen LogP contribution >= 0.6 is 11.3 Å². The molecule has 6 heteroatoms. The van der Waals surface area contributed by atoms with Gasteiger partial charge in [0.2, 0.25) is 5.91 Å². The second kappa shape index (κ2) is 7.34. The van der Waals surface area contributed by atoms with E-state index in [1.54, 1.807) is 0 Å². The van der Waals surface area contributed by atoms with E-state index in [1.165, 1.54) is 17.8 Å². The molecule has 1 atom stereocenters. The molecule has 1 aromatic rings. The molecular weight excluding hydrogens is 310 g/mol. The van der Waals surface area contributed by atoms with Crippen molar-refractivity contribution in [3.63, 3.8) is 0 Å². The van der Waals surface area contributed by atoms with Gasteiger partial charge in [-0.05, 0) is 49.1 Å². The lowest BCUT2D eigenvalue weighted by Gasteiger charge is -2.37. The summed E-state index contributed by atoms with van der Waals surface area (Å²) in [6.07, 6.45) is 3.91. The number of urea groups is 1. The van der Waals surface area contributed by atoms with Crippen molar-refractivity contribution >= 4 is 28.3 Å². The lowest BCUT2D eigenvalue weighted by molar-refractivity contribution is -0.138. The fourth-order valence-electron chi connectivity index (χ4n) is 3.51. The van der Waals surface area contributed by atoms with Crippen LogP contribution < -0.4 is 5.32 Å². The lowest BCUT2D eigenvalue weighted by Crippen LogP contribution is -2.47. The Hall–Kier alpha value is -1.56. The van der Waals surface area contributed by atoms with Crippen LogP contribution in [-0.2, 0) is 4.79 Å². The molecule has 0 spiro atoms. The van der Waals surface area contributed by atoms with Gasteiger partial charge in [0.25, 0.3) is 0 Å². The summed E-state index contributed by atoms with van der Waals surface area (Å²) in [4.78, 5) is 28.7. The lowest BCUT2D eigenvalue weighted by atomic mass is 9.93. The monoisotopic (exact) mass is 335 g/mol. The Morgan fingerprint density at radius 3 is 2.61 bits per heavy atom. The highest BCUT2D eigenvalue weighted by Gasteiger charge is 2.31. The van der Waals surface area contributed by atoms with Crippen molar-refractivity contribution in [2.24, 2.45) is 11.8 Å². The molecular formula is C17H25N3O2S. The molecule has 1 aromatic heterocycles. The average Bonchev–Trinajstić information content (AvgIpc) is 3.07. The first-order chi connectivity index (χ1) is 11.1. The zero-order valence-electron chi connectivity index (χ0n) is 13.7. The SMILES string of the molecule is CC1CCCN(C(=O)C2CCN(C(=O)Nc3cccs3)CC2)C1. The van der Waals surface area contributed by atoms with Gasteiger partial charge in [-0.3, -0.25) is 10.1 Å².